The van der Waals surface area contributed by atoms with E-state index in [1.165, 1.54) is 0 Å². The van der Waals surface area contributed by atoms with Crippen molar-refractivity contribution in [3.8, 4) is 0 Å². The summed E-state index contributed by atoms with van der Waals surface area (Å²) < 4.78 is 20.3. The van der Waals surface area contributed by atoms with E-state index in [2.05, 4.69) is 0 Å². The molecule has 0 bridgehead atoms. The fourth-order valence-corrected chi connectivity index (χ4v) is 2.43. The second-order valence-corrected chi connectivity index (χ2v) is 4.69. The van der Waals surface area contributed by atoms with Gasteiger partial charge in [-0.05, 0) is 25.3 Å². The summed E-state index contributed by atoms with van der Waals surface area (Å²) >= 11 is 0. The maximum absolute atomic E-state index is 14.9. The number of alkyl halides is 1. The Morgan fingerprint density at radius 2 is 2.24 bits per heavy atom. The summed E-state index contributed by atoms with van der Waals surface area (Å²) in [5.41, 5.74) is -0.591. The van der Waals surface area contributed by atoms with E-state index in [9.17, 15) is 9.18 Å². The number of hydrogen-bond acceptors (Lipinski definition) is 2. The van der Waals surface area contributed by atoms with E-state index in [1.54, 1.807) is 31.2 Å². The molecular formula is C14H17FO2. The maximum atomic E-state index is 14.9. The van der Waals surface area contributed by atoms with Gasteiger partial charge in [-0.2, -0.15) is 0 Å². The molecule has 0 radical (unpaired) electrons. The standard InChI is InChI=1S/C14H17FO2/c1-14(15,12-6-4-8-17-10-12)13-7-3-2-5-11(13)9-16/h2-3,5,7,9,12H,4,6,8,10H2,1H3. The zero-order valence-electron chi connectivity index (χ0n) is 9.99. The summed E-state index contributed by atoms with van der Waals surface area (Å²) in [4.78, 5) is 11.0. The lowest BCUT2D eigenvalue weighted by molar-refractivity contribution is -0.0234. The third kappa shape index (κ3) is 2.39. The van der Waals surface area contributed by atoms with Crippen molar-refractivity contribution in [2.24, 2.45) is 5.92 Å². The Morgan fingerprint density at radius 3 is 2.88 bits per heavy atom. The number of benzene rings is 1. The van der Waals surface area contributed by atoms with E-state index in [0.29, 0.717) is 24.3 Å². The minimum atomic E-state index is -1.50. The van der Waals surface area contributed by atoms with E-state index >= 15 is 0 Å². The number of carbonyl (C=O) groups is 1. The van der Waals surface area contributed by atoms with Crippen molar-refractivity contribution in [1.82, 2.24) is 0 Å². The first-order valence-corrected chi connectivity index (χ1v) is 5.97. The molecule has 0 aromatic heterocycles. The maximum Gasteiger partial charge on any atom is 0.150 e. The SMILES string of the molecule is CC(F)(c1ccccc1C=O)C1CCCOC1. The van der Waals surface area contributed by atoms with Crippen LogP contribution in [0.25, 0.3) is 0 Å². The molecule has 0 saturated carbocycles. The quantitative estimate of drug-likeness (QED) is 0.754. The highest BCUT2D eigenvalue weighted by atomic mass is 19.1. The molecular weight excluding hydrogens is 219 g/mol. The zero-order chi connectivity index (χ0) is 12.3. The lowest BCUT2D eigenvalue weighted by Gasteiger charge is -2.34. The van der Waals surface area contributed by atoms with Crippen LogP contribution in [-0.2, 0) is 10.4 Å². The van der Waals surface area contributed by atoms with Gasteiger partial charge >= 0.3 is 0 Å². The van der Waals surface area contributed by atoms with Crippen LogP contribution in [0.5, 0.6) is 0 Å². The average molecular weight is 236 g/mol. The van der Waals surface area contributed by atoms with Crippen LogP contribution < -0.4 is 0 Å². The van der Waals surface area contributed by atoms with Crippen LogP contribution in [0.15, 0.2) is 24.3 Å². The van der Waals surface area contributed by atoms with Gasteiger partial charge in [-0.25, -0.2) is 4.39 Å². The number of hydrogen-bond donors (Lipinski definition) is 0. The first-order valence-electron chi connectivity index (χ1n) is 5.97. The van der Waals surface area contributed by atoms with Crippen molar-refractivity contribution in [2.45, 2.75) is 25.4 Å². The molecule has 2 unspecified atom stereocenters. The Hall–Kier alpha value is -1.22. The molecule has 1 aromatic rings. The molecule has 2 atom stereocenters. The molecule has 1 saturated heterocycles. The number of aldehydes is 1. The first-order chi connectivity index (χ1) is 8.16. The molecule has 1 aliphatic heterocycles. The topological polar surface area (TPSA) is 26.3 Å². The van der Waals surface area contributed by atoms with E-state index in [4.69, 9.17) is 4.74 Å². The molecule has 3 heteroatoms. The van der Waals surface area contributed by atoms with E-state index in [0.717, 1.165) is 19.1 Å². The lowest BCUT2D eigenvalue weighted by atomic mass is 9.79. The summed E-state index contributed by atoms with van der Waals surface area (Å²) in [6.45, 7) is 2.69. The van der Waals surface area contributed by atoms with Crippen LogP contribution in [0.2, 0.25) is 0 Å². The van der Waals surface area contributed by atoms with Crippen LogP contribution in [-0.4, -0.2) is 19.5 Å². The van der Waals surface area contributed by atoms with Gasteiger partial charge < -0.3 is 4.74 Å². The van der Waals surface area contributed by atoms with Gasteiger partial charge in [0, 0.05) is 18.1 Å². The van der Waals surface area contributed by atoms with Crippen LogP contribution in [0, 0.1) is 5.92 Å². The van der Waals surface area contributed by atoms with Gasteiger partial charge in [0.2, 0.25) is 0 Å². The average Bonchev–Trinajstić information content (AvgIpc) is 2.39. The van der Waals surface area contributed by atoms with Crippen LogP contribution >= 0.6 is 0 Å². The highest BCUT2D eigenvalue weighted by Crippen LogP contribution is 2.39. The molecule has 1 aliphatic rings. The molecule has 2 rings (SSSR count). The number of carbonyl (C=O) groups excluding carboxylic acids is 1. The zero-order valence-corrected chi connectivity index (χ0v) is 9.99. The fourth-order valence-electron chi connectivity index (χ4n) is 2.43. The fraction of sp³-hybridized carbons (Fsp3) is 0.500. The van der Waals surface area contributed by atoms with Gasteiger partial charge in [0.05, 0.1) is 6.61 Å². The molecule has 2 nitrogen and oxygen atoms in total. The van der Waals surface area contributed by atoms with E-state index < -0.39 is 5.67 Å². The van der Waals surface area contributed by atoms with Gasteiger partial charge in [0.1, 0.15) is 12.0 Å². The normalized spacial score (nSPS) is 24.0. The summed E-state index contributed by atoms with van der Waals surface area (Å²) in [5.74, 6) is -0.169. The minimum Gasteiger partial charge on any atom is -0.381 e. The third-order valence-electron chi connectivity index (χ3n) is 3.54. The number of ether oxygens (including phenoxy) is 1. The molecule has 1 fully saturated rings. The minimum absolute atomic E-state index is 0.169. The number of halogens is 1. The second-order valence-electron chi connectivity index (χ2n) is 4.69. The van der Waals surface area contributed by atoms with Crippen molar-refractivity contribution >= 4 is 6.29 Å². The predicted molar refractivity (Wildman–Crippen MR) is 63.8 cm³/mol. The Labute approximate surface area is 101 Å². The van der Waals surface area contributed by atoms with Crippen molar-refractivity contribution in [2.75, 3.05) is 13.2 Å². The van der Waals surface area contributed by atoms with Crippen LogP contribution in [0.1, 0.15) is 35.7 Å². The van der Waals surface area contributed by atoms with Crippen LogP contribution in [0.3, 0.4) is 0 Å². The molecule has 0 aliphatic carbocycles. The van der Waals surface area contributed by atoms with Gasteiger partial charge in [-0.3, -0.25) is 4.79 Å². The molecule has 17 heavy (non-hydrogen) atoms. The highest BCUT2D eigenvalue weighted by molar-refractivity contribution is 5.77. The monoisotopic (exact) mass is 236 g/mol. The molecule has 0 N–H and O–H groups in total. The lowest BCUT2D eigenvalue weighted by Crippen LogP contribution is -2.34. The summed E-state index contributed by atoms with van der Waals surface area (Å²) in [7, 11) is 0. The largest absolute Gasteiger partial charge is 0.381 e. The van der Waals surface area contributed by atoms with Crippen molar-refractivity contribution in [3.63, 3.8) is 0 Å². The predicted octanol–water partition coefficient (Wildman–Crippen LogP) is 3.11. The van der Waals surface area contributed by atoms with Gasteiger partial charge in [-0.15, -0.1) is 0 Å². The molecule has 0 amide bonds. The Kier molecular flexibility index (Phi) is 3.57. The van der Waals surface area contributed by atoms with Gasteiger partial charge in [0.15, 0.2) is 0 Å². The Morgan fingerprint density at radius 1 is 1.47 bits per heavy atom. The second kappa shape index (κ2) is 4.96. The van der Waals surface area contributed by atoms with Crippen LogP contribution in [0.4, 0.5) is 4.39 Å². The number of rotatable bonds is 3. The summed E-state index contributed by atoms with van der Waals surface area (Å²) in [5, 5.41) is 0. The highest BCUT2D eigenvalue weighted by Gasteiger charge is 2.38. The van der Waals surface area contributed by atoms with E-state index in [-0.39, 0.29) is 5.92 Å². The molecule has 1 heterocycles. The smallest absolute Gasteiger partial charge is 0.150 e. The Balaban J connectivity index is 2.32. The third-order valence-corrected chi connectivity index (χ3v) is 3.54. The van der Waals surface area contributed by atoms with E-state index in [1.807, 2.05) is 0 Å². The molecule has 0 spiro atoms. The molecule has 92 valence electrons. The van der Waals surface area contributed by atoms with Crippen molar-refractivity contribution in [3.05, 3.63) is 35.4 Å². The summed E-state index contributed by atoms with van der Waals surface area (Å²) in [6, 6.07) is 6.87. The van der Waals surface area contributed by atoms with Crippen molar-refractivity contribution in [1.29, 1.82) is 0 Å². The first kappa shape index (κ1) is 12.2. The molecule has 1 aromatic carbocycles. The van der Waals surface area contributed by atoms with Crippen molar-refractivity contribution < 1.29 is 13.9 Å². The van der Waals surface area contributed by atoms with Gasteiger partial charge in [0.25, 0.3) is 0 Å². The summed E-state index contributed by atoms with van der Waals surface area (Å²) in [6.07, 6.45) is 2.41. The Bertz CT molecular complexity index is 395. The van der Waals surface area contributed by atoms with Gasteiger partial charge in [-0.1, -0.05) is 24.3 Å².